The third kappa shape index (κ3) is 4.57. The average Bonchev–Trinajstić information content (AvgIpc) is 3.36. The van der Waals surface area contributed by atoms with Gasteiger partial charge in [0.15, 0.2) is 11.6 Å². The van der Waals surface area contributed by atoms with Crippen molar-refractivity contribution in [3.63, 3.8) is 0 Å². The number of nitrogen functional groups attached to an aromatic ring is 1. The summed E-state index contributed by atoms with van der Waals surface area (Å²) in [7, 11) is 0. The molecule has 3 aromatic heterocycles. The van der Waals surface area contributed by atoms with Crippen molar-refractivity contribution in [1.82, 2.24) is 25.2 Å². The van der Waals surface area contributed by atoms with Crippen LogP contribution in [0.15, 0.2) is 6.20 Å². The molecular formula is C33H33F3N8O2S. The number of benzene rings is 1. The number of alkyl halides is 1. The summed E-state index contributed by atoms with van der Waals surface area (Å²) in [6.45, 7) is 4.36. The number of pyridine rings is 1. The zero-order chi connectivity index (χ0) is 32.0. The summed E-state index contributed by atoms with van der Waals surface area (Å²) in [6, 6.07) is 2.54. The highest BCUT2D eigenvalue weighted by Crippen LogP contribution is 2.49. The first-order chi connectivity index (χ1) is 22.9. The first-order valence-corrected chi connectivity index (χ1v) is 17.0. The Bertz CT molecular complexity index is 1970. The van der Waals surface area contributed by atoms with Gasteiger partial charge in [-0.2, -0.15) is 15.2 Å². The molecule has 1 aromatic carbocycles. The number of fused-ring (bicyclic) bond motifs is 6. The predicted molar refractivity (Wildman–Crippen MR) is 171 cm³/mol. The highest BCUT2D eigenvalue weighted by Gasteiger charge is 2.47. The third-order valence-electron chi connectivity index (χ3n) is 10.7. The second-order valence-electron chi connectivity index (χ2n) is 13.8. The van der Waals surface area contributed by atoms with Crippen LogP contribution in [-0.2, 0) is 18.0 Å². The van der Waals surface area contributed by atoms with Crippen molar-refractivity contribution < 1.29 is 22.6 Å². The number of anilines is 2. The van der Waals surface area contributed by atoms with Crippen molar-refractivity contribution in [3.8, 4) is 23.3 Å². The number of hydrogen-bond acceptors (Lipinski definition) is 11. The van der Waals surface area contributed by atoms with Gasteiger partial charge in [0.2, 0.25) is 0 Å². The van der Waals surface area contributed by atoms with Crippen molar-refractivity contribution >= 4 is 43.1 Å². The van der Waals surface area contributed by atoms with Crippen LogP contribution in [0.3, 0.4) is 0 Å². The van der Waals surface area contributed by atoms with Crippen LogP contribution in [0.5, 0.6) is 6.01 Å². The zero-order valence-electron chi connectivity index (χ0n) is 25.6. The number of nitriles is 1. The van der Waals surface area contributed by atoms with Gasteiger partial charge >= 0.3 is 6.01 Å². The van der Waals surface area contributed by atoms with Crippen LogP contribution in [0.2, 0.25) is 0 Å². The van der Waals surface area contributed by atoms with Gasteiger partial charge in [0.05, 0.1) is 54.0 Å². The van der Waals surface area contributed by atoms with Crippen LogP contribution in [0.1, 0.15) is 42.4 Å². The monoisotopic (exact) mass is 662 g/mol. The quantitative estimate of drug-likeness (QED) is 0.275. The van der Waals surface area contributed by atoms with E-state index < -0.39 is 11.6 Å². The summed E-state index contributed by atoms with van der Waals surface area (Å²) in [5.74, 6) is -0.521. The molecule has 7 heterocycles. The number of likely N-dealkylation sites (tertiary alicyclic amines) is 1. The molecule has 47 heavy (non-hydrogen) atoms. The molecule has 0 spiro atoms. The normalized spacial score (nSPS) is 23.3. The average molecular weight is 663 g/mol. The highest BCUT2D eigenvalue weighted by atomic mass is 32.1. The molecule has 1 aliphatic carbocycles. The minimum atomic E-state index is -0.645. The first-order valence-electron chi connectivity index (χ1n) is 16.2. The van der Waals surface area contributed by atoms with Crippen LogP contribution in [0, 0.1) is 34.3 Å². The molecule has 5 aliphatic rings. The van der Waals surface area contributed by atoms with E-state index in [2.05, 4.69) is 26.2 Å². The summed E-state index contributed by atoms with van der Waals surface area (Å²) in [5, 5.41) is 14.4. The van der Waals surface area contributed by atoms with E-state index in [1.54, 1.807) is 0 Å². The minimum Gasteiger partial charge on any atom is -0.463 e. The number of thiophene rings is 1. The van der Waals surface area contributed by atoms with Gasteiger partial charge in [0, 0.05) is 67.1 Å². The Morgan fingerprint density at radius 1 is 1.13 bits per heavy atom. The summed E-state index contributed by atoms with van der Waals surface area (Å²) in [4.78, 5) is 18.6. The lowest BCUT2D eigenvalue weighted by molar-refractivity contribution is 0.0477. The lowest BCUT2D eigenvalue weighted by Gasteiger charge is -2.40. The number of rotatable bonds is 8. The van der Waals surface area contributed by atoms with Crippen LogP contribution in [-0.4, -0.2) is 77.9 Å². The number of aromatic nitrogens is 3. The molecule has 3 N–H and O–H groups in total. The lowest BCUT2D eigenvalue weighted by Crippen LogP contribution is -2.52. The van der Waals surface area contributed by atoms with Crippen molar-refractivity contribution in [3.05, 3.63) is 34.5 Å². The smallest absolute Gasteiger partial charge is 0.319 e. The minimum absolute atomic E-state index is 0.0560. The fourth-order valence-electron chi connectivity index (χ4n) is 8.12. The van der Waals surface area contributed by atoms with E-state index in [9.17, 15) is 14.0 Å². The Labute approximate surface area is 272 Å². The fourth-order valence-corrected chi connectivity index (χ4v) is 9.04. The van der Waals surface area contributed by atoms with E-state index in [1.165, 1.54) is 0 Å². The van der Waals surface area contributed by atoms with Crippen molar-refractivity contribution in [2.75, 3.05) is 56.6 Å². The SMILES string of the molecule is N#Cc1c(N)sc2c(F)cnc(-c3c4c(c5c(N6C7CCC6CNC7)nc(OCC6(CN7CC(CF)C7)CC6)nc5c3F)COC4)c12. The lowest BCUT2D eigenvalue weighted by atomic mass is 9.93. The van der Waals surface area contributed by atoms with Crippen LogP contribution in [0.25, 0.3) is 32.2 Å². The summed E-state index contributed by atoms with van der Waals surface area (Å²) in [6.07, 6.45) is 5.01. The zero-order valence-corrected chi connectivity index (χ0v) is 26.4. The fraction of sp³-hybridized carbons (Fsp3) is 0.515. The van der Waals surface area contributed by atoms with Gasteiger partial charge in [-0.05, 0) is 36.8 Å². The molecule has 9 rings (SSSR count). The molecule has 3 saturated heterocycles. The Morgan fingerprint density at radius 3 is 2.62 bits per heavy atom. The second-order valence-corrected chi connectivity index (χ2v) is 14.8. The number of nitrogens with two attached hydrogens (primary N) is 1. The van der Waals surface area contributed by atoms with Gasteiger partial charge in [-0.1, -0.05) is 0 Å². The number of hydrogen-bond donors (Lipinski definition) is 2. The molecule has 14 heteroatoms. The Kier molecular flexibility index (Phi) is 6.80. The van der Waals surface area contributed by atoms with E-state index in [4.69, 9.17) is 25.2 Å². The molecule has 4 aromatic rings. The molecule has 0 amide bonds. The van der Waals surface area contributed by atoms with Gasteiger partial charge in [0.1, 0.15) is 22.4 Å². The van der Waals surface area contributed by atoms with Gasteiger partial charge in [-0.25, -0.2) is 8.78 Å². The number of ether oxygens (including phenoxy) is 2. The van der Waals surface area contributed by atoms with E-state index in [-0.39, 0.29) is 86.7 Å². The van der Waals surface area contributed by atoms with Gasteiger partial charge in [-0.15, -0.1) is 11.3 Å². The molecule has 2 bridgehead atoms. The van der Waals surface area contributed by atoms with Crippen molar-refractivity contribution in [2.45, 2.75) is 51.0 Å². The molecule has 244 valence electrons. The van der Waals surface area contributed by atoms with Crippen molar-refractivity contribution in [1.29, 1.82) is 5.26 Å². The van der Waals surface area contributed by atoms with Crippen LogP contribution < -0.4 is 20.7 Å². The second kappa shape index (κ2) is 10.9. The van der Waals surface area contributed by atoms with Gasteiger partial charge in [-0.3, -0.25) is 9.37 Å². The molecule has 4 fully saturated rings. The summed E-state index contributed by atoms with van der Waals surface area (Å²) in [5.41, 5.74) is 7.83. The maximum absolute atomic E-state index is 17.3. The molecule has 0 radical (unpaired) electrons. The Morgan fingerprint density at radius 2 is 1.89 bits per heavy atom. The molecule has 2 atom stereocenters. The molecular weight excluding hydrogens is 629 g/mol. The maximum atomic E-state index is 17.3. The predicted octanol–water partition coefficient (Wildman–Crippen LogP) is 4.67. The molecule has 2 unspecified atom stereocenters. The largest absolute Gasteiger partial charge is 0.463 e. The van der Waals surface area contributed by atoms with Gasteiger partial charge < -0.3 is 30.3 Å². The Balaban J connectivity index is 1.20. The van der Waals surface area contributed by atoms with Gasteiger partial charge in [0.25, 0.3) is 0 Å². The maximum Gasteiger partial charge on any atom is 0.319 e. The number of nitrogens with zero attached hydrogens (tertiary/aromatic N) is 6. The van der Waals surface area contributed by atoms with E-state index in [0.29, 0.717) is 23.4 Å². The first kappa shape index (κ1) is 29.4. The Hall–Kier alpha value is -3.77. The number of nitrogens with one attached hydrogen (secondary N) is 1. The van der Waals surface area contributed by atoms with E-state index in [0.717, 1.165) is 81.5 Å². The van der Waals surface area contributed by atoms with Crippen molar-refractivity contribution in [2.24, 2.45) is 11.3 Å². The number of piperazine rings is 1. The summed E-state index contributed by atoms with van der Waals surface area (Å²) < 4.78 is 57.7. The van der Waals surface area contributed by atoms with Crippen LogP contribution >= 0.6 is 11.3 Å². The third-order valence-corrected chi connectivity index (χ3v) is 11.7. The molecule has 1 saturated carbocycles. The molecule has 10 nitrogen and oxygen atoms in total. The topological polar surface area (TPSA) is 125 Å². The van der Waals surface area contributed by atoms with E-state index in [1.807, 2.05) is 0 Å². The standard InChI is InChI=1S/C33H33F3N8O2S/c34-5-16-10-43(11-16)14-33(3-4-33)15-46-32-41-28-25(31(42-32)44-17-1-2-18(44)8-39-7-17)21-13-45-12-20(21)23(26(28)36)27-24-19(6-37)30(38)47-29(24)22(35)9-40-27/h9,16-18,39H,1-5,7-8,10-15,38H2. The van der Waals surface area contributed by atoms with E-state index >= 15 is 4.39 Å². The summed E-state index contributed by atoms with van der Waals surface area (Å²) >= 11 is 0.945. The number of halogens is 3. The van der Waals surface area contributed by atoms with Crippen LogP contribution in [0.4, 0.5) is 24.0 Å². The highest BCUT2D eigenvalue weighted by molar-refractivity contribution is 7.23. The molecule has 4 aliphatic heterocycles.